The van der Waals surface area contributed by atoms with Gasteiger partial charge in [0.1, 0.15) is 0 Å². The summed E-state index contributed by atoms with van der Waals surface area (Å²) in [6.45, 7) is 2.61. The first kappa shape index (κ1) is 29.4. The van der Waals surface area contributed by atoms with Gasteiger partial charge in [0, 0.05) is 47.7 Å². The number of fused-ring (bicyclic) bond motifs is 2. The highest BCUT2D eigenvalue weighted by Gasteiger charge is 2.52. The maximum Gasteiger partial charge on any atom is 0.279 e. The van der Waals surface area contributed by atoms with E-state index in [0.29, 0.717) is 46.7 Å². The van der Waals surface area contributed by atoms with E-state index in [1.165, 1.54) is 4.68 Å². The molecule has 0 aliphatic carbocycles. The number of hydrogen-bond donors (Lipinski definition) is 2. The second kappa shape index (κ2) is 12.2. The highest BCUT2D eigenvalue weighted by molar-refractivity contribution is 6.31. The molecule has 11 heteroatoms. The number of aliphatic hydroxyl groups is 2. The second-order valence-corrected chi connectivity index (χ2v) is 11.3. The van der Waals surface area contributed by atoms with Crippen LogP contribution in [-0.2, 0) is 29.9 Å². The molecule has 44 heavy (non-hydrogen) atoms. The maximum absolute atomic E-state index is 13.9. The van der Waals surface area contributed by atoms with Crippen LogP contribution < -0.4 is 10.5 Å². The van der Waals surface area contributed by atoms with Gasteiger partial charge in [0.05, 0.1) is 35.2 Å². The third-order valence-electron chi connectivity index (χ3n) is 8.01. The Bertz CT molecular complexity index is 1920. The number of carbonyl (C=O) groups is 1. The van der Waals surface area contributed by atoms with E-state index in [-0.39, 0.29) is 18.7 Å². The third kappa shape index (κ3) is 5.43. The Morgan fingerprint density at radius 2 is 1.86 bits per heavy atom. The number of nitrogens with zero attached hydrogens (tertiary/aromatic N) is 6. The summed E-state index contributed by atoms with van der Waals surface area (Å²) in [5.74, 6) is -0.987. The van der Waals surface area contributed by atoms with E-state index in [0.717, 1.165) is 16.6 Å². The van der Waals surface area contributed by atoms with E-state index in [1.807, 2.05) is 42.5 Å². The van der Waals surface area contributed by atoms with Crippen LogP contribution in [0.2, 0.25) is 5.02 Å². The number of carbonyl (C=O) groups excluding carboxylic acids is 1. The highest BCUT2D eigenvalue weighted by atomic mass is 35.5. The van der Waals surface area contributed by atoms with Crippen LogP contribution in [0.5, 0.6) is 0 Å². The zero-order valence-corrected chi connectivity index (χ0v) is 24.8. The van der Waals surface area contributed by atoms with E-state index in [1.54, 1.807) is 65.3 Å². The predicted octanol–water partition coefficient (Wildman–Crippen LogP) is 4.18. The SMILES string of the molecule is C[C@@H](/C=C/CCn1cc(CCO)nn1)[C@]1(O)C(=O)N(Cc2ccc(-n3ncc4ccccc4c3=O)cc2)c2ccc(Cl)cc21. The van der Waals surface area contributed by atoms with E-state index in [2.05, 4.69) is 15.4 Å². The lowest BCUT2D eigenvalue weighted by atomic mass is 9.83. The van der Waals surface area contributed by atoms with Crippen molar-refractivity contribution in [2.45, 2.75) is 38.5 Å². The summed E-state index contributed by atoms with van der Waals surface area (Å²) in [7, 11) is 0. The molecule has 0 unspecified atom stereocenters. The number of anilines is 1. The van der Waals surface area contributed by atoms with Crippen LogP contribution in [-0.4, -0.2) is 47.5 Å². The maximum atomic E-state index is 13.9. The van der Waals surface area contributed by atoms with Crippen molar-refractivity contribution in [1.29, 1.82) is 0 Å². The molecule has 0 saturated heterocycles. The molecule has 2 aromatic heterocycles. The number of rotatable bonds is 10. The lowest BCUT2D eigenvalue weighted by Gasteiger charge is -2.27. The molecule has 1 aliphatic rings. The minimum absolute atomic E-state index is 0.0146. The quantitative estimate of drug-likeness (QED) is 0.227. The van der Waals surface area contributed by atoms with Crippen molar-refractivity contribution in [2.75, 3.05) is 11.5 Å². The summed E-state index contributed by atoms with van der Waals surface area (Å²) in [4.78, 5) is 28.5. The summed E-state index contributed by atoms with van der Waals surface area (Å²) < 4.78 is 3.05. The average Bonchev–Trinajstić information content (AvgIpc) is 3.57. The van der Waals surface area contributed by atoms with Gasteiger partial charge in [-0.25, -0.2) is 0 Å². The van der Waals surface area contributed by atoms with Crippen LogP contribution in [0.25, 0.3) is 16.5 Å². The first-order valence-corrected chi connectivity index (χ1v) is 14.7. The Labute approximate surface area is 258 Å². The summed E-state index contributed by atoms with van der Waals surface area (Å²) in [6, 6.07) is 19.7. The topological polar surface area (TPSA) is 126 Å². The van der Waals surface area contributed by atoms with Gasteiger partial charge < -0.3 is 15.1 Å². The molecule has 1 amide bonds. The van der Waals surface area contributed by atoms with Gasteiger partial charge in [0.25, 0.3) is 11.5 Å². The Hall–Kier alpha value is -4.64. The monoisotopic (exact) mass is 610 g/mol. The van der Waals surface area contributed by atoms with E-state index in [4.69, 9.17) is 16.7 Å². The number of hydrogen-bond acceptors (Lipinski definition) is 7. The summed E-state index contributed by atoms with van der Waals surface area (Å²) in [5.41, 5.74) is 1.18. The largest absolute Gasteiger partial charge is 0.396 e. The van der Waals surface area contributed by atoms with Crippen LogP contribution >= 0.6 is 11.6 Å². The molecular formula is C33H31ClN6O4. The number of aromatic nitrogens is 5. The normalized spacial score (nSPS) is 17.1. The van der Waals surface area contributed by atoms with Gasteiger partial charge in [-0.1, -0.05) is 66.2 Å². The zero-order chi connectivity index (χ0) is 30.8. The van der Waals surface area contributed by atoms with Crippen molar-refractivity contribution >= 4 is 34.0 Å². The fourth-order valence-corrected chi connectivity index (χ4v) is 5.77. The number of halogens is 1. The first-order chi connectivity index (χ1) is 21.3. The molecule has 2 N–H and O–H groups in total. The minimum atomic E-state index is -1.81. The van der Waals surface area contributed by atoms with Crippen molar-refractivity contribution < 1.29 is 15.0 Å². The van der Waals surface area contributed by atoms with Gasteiger partial charge in [-0.05, 0) is 48.4 Å². The van der Waals surface area contributed by atoms with Crippen LogP contribution in [0, 0.1) is 5.92 Å². The van der Waals surface area contributed by atoms with E-state index >= 15 is 0 Å². The molecule has 1 aliphatic heterocycles. The number of aliphatic hydroxyl groups excluding tert-OH is 1. The molecular weight excluding hydrogens is 580 g/mol. The molecule has 0 radical (unpaired) electrons. The molecule has 10 nitrogen and oxygen atoms in total. The number of amides is 1. The van der Waals surface area contributed by atoms with Crippen molar-refractivity contribution in [1.82, 2.24) is 24.8 Å². The Morgan fingerprint density at radius 1 is 1.07 bits per heavy atom. The van der Waals surface area contributed by atoms with Crippen LogP contribution in [0.15, 0.2) is 96.1 Å². The standard InChI is InChI=1S/C33H31ClN6O4/c1-22(6-4-5-16-38-21-26(15-17-41)36-37-38)33(44)29-18-25(34)11-14-30(29)39(32(33)43)20-23-9-12-27(13-10-23)40-31(42)28-8-3-2-7-24(28)19-35-40/h2-4,6-14,18-19,21-22,41,44H,5,15-17,20H2,1H3/b6-4+/t22-,33+/m0/s1. The summed E-state index contributed by atoms with van der Waals surface area (Å²) in [5, 5.41) is 35.2. The Kier molecular flexibility index (Phi) is 8.13. The van der Waals surface area contributed by atoms with Gasteiger partial charge in [-0.15, -0.1) is 5.10 Å². The van der Waals surface area contributed by atoms with Gasteiger partial charge in [0.15, 0.2) is 5.60 Å². The molecule has 2 atom stereocenters. The Balaban J connectivity index is 1.20. The van der Waals surface area contributed by atoms with Crippen molar-refractivity contribution in [3.05, 3.63) is 123 Å². The fourth-order valence-electron chi connectivity index (χ4n) is 5.60. The number of aryl methyl sites for hydroxylation is 1. The van der Waals surface area contributed by atoms with Gasteiger partial charge in [-0.3, -0.25) is 14.3 Å². The lowest BCUT2D eigenvalue weighted by molar-refractivity contribution is -0.139. The smallest absolute Gasteiger partial charge is 0.279 e. The predicted molar refractivity (Wildman–Crippen MR) is 168 cm³/mol. The number of allylic oxidation sites excluding steroid dienone is 1. The van der Waals surface area contributed by atoms with Crippen LogP contribution in [0.4, 0.5) is 5.69 Å². The highest BCUT2D eigenvalue weighted by Crippen LogP contribution is 2.46. The molecule has 3 heterocycles. The van der Waals surface area contributed by atoms with E-state index < -0.39 is 17.4 Å². The molecule has 0 spiro atoms. The summed E-state index contributed by atoms with van der Waals surface area (Å²) >= 11 is 6.33. The van der Waals surface area contributed by atoms with Crippen LogP contribution in [0.1, 0.15) is 30.2 Å². The molecule has 224 valence electrons. The zero-order valence-electron chi connectivity index (χ0n) is 24.0. The molecule has 5 aromatic rings. The molecule has 3 aromatic carbocycles. The van der Waals surface area contributed by atoms with Crippen LogP contribution in [0.3, 0.4) is 0 Å². The lowest BCUT2D eigenvalue weighted by Crippen LogP contribution is -2.44. The van der Waals surface area contributed by atoms with Gasteiger partial charge >= 0.3 is 0 Å². The fraction of sp³-hybridized carbons (Fsp3) is 0.242. The van der Waals surface area contributed by atoms with Gasteiger partial charge in [-0.2, -0.15) is 9.78 Å². The van der Waals surface area contributed by atoms with Crippen molar-refractivity contribution in [2.24, 2.45) is 5.92 Å². The van der Waals surface area contributed by atoms with Crippen molar-refractivity contribution in [3.8, 4) is 5.69 Å². The molecule has 6 rings (SSSR count). The Morgan fingerprint density at radius 3 is 2.66 bits per heavy atom. The molecule has 0 saturated carbocycles. The summed E-state index contributed by atoms with van der Waals surface area (Å²) in [6.07, 6.45) is 8.27. The first-order valence-electron chi connectivity index (χ1n) is 14.4. The number of benzene rings is 3. The van der Waals surface area contributed by atoms with Gasteiger partial charge in [0.2, 0.25) is 0 Å². The molecule has 0 bridgehead atoms. The van der Waals surface area contributed by atoms with E-state index in [9.17, 15) is 14.7 Å². The minimum Gasteiger partial charge on any atom is -0.396 e. The second-order valence-electron chi connectivity index (χ2n) is 10.9. The average molecular weight is 611 g/mol. The molecule has 0 fully saturated rings. The van der Waals surface area contributed by atoms with Crippen molar-refractivity contribution in [3.63, 3.8) is 0 Å². The third-order valence-corrected chi connectivity index (χ3v) is 8.25.